The van der Waals surface area contributed by atoms with E-state index in [1.165, 1.54) is 0 Å². The van der Waals surface area contributed by atoms with E-state index >= 15 is 0 Å². The first-order chi connectivity index (χ1) is 9.85. The molecule has 0 amide bonds. The molecule has 1 aromatic rings. The summed E-state index contributed by atoms with van der Waals surface area (Å²) in [6, 6.07) is 8.29. The highest BCUT2D eigenvalue weighted by Gasteiger charge is 2.21. The predicted octanol–water partition coefficient (Wildman–Crippen LogP) is 0.401. The normalized spacial score (nSPS) is 12.5. The molecule has 1 aromatic carbocycles. The van der Waals surface area contributed by atoms with Crippen LogP contribution in [0.3, 0.4) is 0 Å². The average molecular weight is 317 g/mol. The molecule has 118 valence electrons. The average Bonchev–Trinajstić information content (AvgIpc) is 2.43. The second kappa shape index (κ2) is 7.81. The van der Waals surface area contributed by atoms with Crippen LogP contribution >= 0.6 is 0 Å². The Hall–Kier alpha value is -1.84. The van der Waals surface area contributed by atoms with Crippen molar-refractivity contribution >= 4 is 21.8 Å². The van der Waals surface area contributed by atoms with Crippen LogP contribution in [0.5, 0.6) is 0 Å². The Bertz CT molecular complexity index is 560. The summed E-state index contributed by atoms with van der Waals surface area (Å²) in [4.78, 5) is 4.98. The van der Waals surface area contributed by atoms with Gasteiger partial charge < -0.3 is 15.7 Å². The van der Waals surface area contributed by atoms with Crippen molar-refractivity contribution in [3.8, 4) is 0 Å². The Kier molecular flexibility index (Phi) is 6.40. The molecule has 21 heavy (non-hydrogen) atoms. The van der Waals surface area contributed by atoms with E-state index in [-0.39, 0.29) is 12.1 Å². The van der Waals surface area contributed by atoms with Gasteiger partial charge in [-0.2, -0.15) is 13.5 Å². The molecule has 0 heterocycles. The number of rotatable bonds is 7. The van der Waals surface area contributed by atoms with Gasteiger partial charge in [-0.1, -0.05) is 18.2 Å². The van der Waals surface area contributed by atoms with Gasteiger partial charge in [0, 0.05) is 0 Å². The maximum absolute atomic E-state index is 11.7. The van der Waals surface area contributed by atoms with E-state index in [9.17, 15) is 8.42 Å². The highest BCUT2D eigenvalue weighted by atomic mass is 32.2. The third-order valence-corrected chi connectivity index (χ3v) is 3.14. The Morgan fingerprint density at radius 3 is 2.52 bits per heavy atom. The number of anilines is 1. The van der Waals surface area contributed by atoms with Crippen LogP contribution in [0, 0.1) is 0 Å². The molecule has 0 spiro atoms. The van der Waals surface area contributed by atoms with E-state index in [0.29, 0.717) is 5.69 Å². The van der Waals surface area contributed by atoms with E-state index in [1.54, 1.807) is 44.2 Å². The third kappa shape index (κ3) is 5.98. The highest BCUT2D eigenvalue weighted by Crippen LogP contribution is 2.15. The summed E-state index contributed by atoms with van der Waals surface area (Å²) in [5.74, 6) is -0.842. The summed E-state index contributed by atoms with van der Waals surface area (Å²) in [5.41, 5.74) is 6.05. The van der Waals surface area contributed by atoms with Gasteiger partial charge in [0.1, 0.15) is 11.9 Å². The molecule has 9 heteroatoms. The third-order valence-electron chi connectivity index (χ3n) is 2.09. The van der Waals surface area contributed by atoms with E-state index < -0.39 is 22.5 Å². The molecule has 0 fully saturated rings. The van der Waals surface area contributed by atoms with Gasteiger partial charge in [-0.3, -0.25) is 0 Å². The molecular weight excluding hydrogens is 298 g/mol. The lowest BCUT2D eigenvalue weighted by Crippen LogP contribution is -2.40. The van der Waals surface area contributed by atoms with Crippen LogP contribution in [0.15, 0.2) is 35.5 Å². The van der Waals surface area contributed by atoms with Gasteiger partial charge in [-0.05, 0) is 31.1 Å². The van der Waals surface area contributed by atoms with Gasteiger partial charge in [0.25, 0.3) is 16.1 Å². The molecule has 0 aliphatic heterocycles. The Morgan fingerprint density at radius 1 is 1.38 bits per heavy atom. The zero-order chi connectivity index (χ0) is 15.9. The second-order valence-corrected chi connectivity index (χ2v) is 5.97. The zero-order valence-electron chi connectivity index (χ0n) is 11.8. The van der Waals surface area contributed by atoms with Crippen molar-refractivity contribution < 1.29 is 22.6 Å². The molecular formula is C12H19N3O5S. The fourth-order valence-electron chi connectivity index (χ4n) is 1.24. The van der Waals surface area contributed by atoms with Crippen LogP contribution < -0.4 is 10.8 Å². The minimum Gasteiger partial charge on any atom is -0.395 e. The number of nitrogens with two attached hydrogens (primary N) is 1. The molecule has 0 aliphatic rings. The molecule has 3 N–H and O–H groups in total. The van der Waals surface area contributed by atoms with Crippen molar-refractivity contribution in [1.29, 1.82) is 0 Å². The van der Waals surface area contributed by atoms with Crippen LogP contribution in [0.2, 0.25) is 0 Å². The summed E-state index contributed by atoms with van der Waals surface area (Å²) in [6.07, 6.45) is -0.227. The first-order valence-corrected chi connectivity index (χ1v) is 7.81. The first kappa shape index (κ1) is 17.2. The molecule has 1 rings (SSSR count). The summed E-state index contributed by atoms with van der Waals surface area (Å²) in [6.45, 7) is 2.92. The van der Waals surface area contributed by atoms with Crippen LogP contribution in [0.25, 0.3) is 0 Å². The lowest BCUT2D eigenvalue weighted by atomic mass is 10.3. The monoisotopic (exact) mass is 317 g/mol. The summed E-state index contributed by atoms with van der Waals surface area (Å²) in [7, 11) is -4.00. The Labute approximate surface area is 123 Å². The van der Waals surface area contributed by atoms with Crippen molar-refractivity contribution in [2.45, 2.75) is 20.0 Å². The molecule has 0 aliphatic carbocycles. The van der Waals surface area contributed by atoms with Crippen LogP contribution in [-0.4, -0.2) is 37.9 Å². The van der Waals surface area contributed by atoms with Gasteiger partial charge >= 0.3 is 0 Å². The van der Waals surface area contributed by atoms with E-state index in [4.69, 9.17) is 20.0 Å². The number of hydrogen-bond donors (Lipinski definition) is 2. The summed E-state index contributed by atoms with van der Waals surface area (Å²) < 4.78 is 28.2. The lowest BCUT2D eigenvalue weighted by Gasteiger charge is -2.21. The zero-order valence-corrected chi connectivity index (χ0v) is 12.7. The van der Waals surface area contributed by atoms with Crippen molar-refractivity contribution in [1.82, 2.24) is 0 Å². The number of hydroxylamine groups is 1. The number of aliphatic hydroxyl groups excluding tert-OH is 1. The molecule has 0 radical (unpaired) electrons. The quantitative estimate of drug-likeness (QED) is 0.425. The smallest absolute Gasteiger partial charge is 0.290 e. The number of para-hydroxylation sites is 1. The number of hydrogen-bond acceptors (Lipinski definition) is 6. The molecule has 0 aromatic heterocycles. The summed E-state index contributed by atoms with van der Waals surface area (Å²) in [5, 5.41) is 13.2. The number of benzene rings is 1. The van der Waals surface area contributed by atoms with E-state index in [2.05, 4.69) is 5.16 Å². The van der Waals surface area contributed by atoms with Crippen molar-refractivity contribution in [3.05, 3.63) is 30.3 Å². The summed E-state index contributed by atoms with van der Waals surface area (Å²) >= 11 is 0. The fraction of sp³-hybridized carbons (Fsp3) is 0.417. The van der Waals surface area contributed by atoms with E-state index in [1.807, 2.05) is 0 Å². The minimum absolute atomic E-state index is 0.227. The SMILES string of the molecule is CC(C)ON=C(N)N(OS(=O)(=O)CCO)c1ccccc1. The molecule has 0 bridgehead atoms. The van der Waals surface area contributed by atoms with Gasteiger partial charge in [-0.15, -0.1) is 4.28 Å². The van der Waals surface area contributed by atoms with Gasteiger partial charge in [0.15, 0.2) is 0 Å². The van der Waals surface area contributed by atoms with Crippen LogP contribution in [0.1, 0.15) is 13.8 Å². The molecule has 0 atom stereocenters. The number of oxime groups is 1. The van der Waals surface area contributed by atoms with Crippen molar-refractivity contribution in [3.63, 3.8) is 0 Å². The number of nitrogens with zero attached hydrogens (tertiary/aromatic N) is 2. The Balaban J connectivity index is 3.04. The first-order valence-electron chi connectivity index (χ1n) is 6.23. The largest absolute Gasteiger partial charge is 0.395 e. The molecule has 0 saturated heterocycles. The standard InChI is InChI=1S/C12H19N3O5S/c1-10(2)19-14-12(13)15(11-6-4-3-5-7-11)20-21(17,18)9-8-16/h3-7,10,16H,8-9H2,1-2H3,(H2,13,14). The van der Waals surface area contributed by atoms with Crippen molar-refractivity contribution in [2.24, 2.45) is 10.9 Å². The maximum atomic E-state index is 11.7. The number of aliphatic hydroxyl groups is 1. The van der Waals surface area contributed by atoms with Gasteiger partial charge in [0.2, 0.25) is 0 Å². The molecule has 8 nitrogen and oxygen atoms in total. The van der Waals surface area contributed by atoms with Gasteiger partial charge in [0.05, 0.1) is 12.3 Å². The number of guanidine groups is 1. The minimum atomic E-state index is -4.00. The maximum Gasteiger partial charge on any atom is 0.290 e. The van der Waals surface area contributed by atoms with Crippen LogP contribution in [-0.2, 0) is 19.2 Å². The second-order valence-electron chi connectivity index (χ2n) is 4.29. The highest BCUT2D eigenvalue weighted by molar-refractivity contribution is 7.86. The van der Waals surface area contributed by atoms with E-state index in [0.717, 1.165) is 5.06 Å². The lowest BCUT2D eigenvalue weighted by molar-refractivity contribution is 0.0839. The fourth-order valence-corrected chi connectivity index (χ4v) is 1.92. The van der Waals surface area contributed by atoms with Gasteiger partial charge in [-0.25, -0.2) is 0 Å². The molecule has 0 saturated carbocycles. The Morgan fingerprint density at radius 2 is 2.00 bits per heavy atom. The van der Waals surface area contributed by atoms with Crippen molar-refractivity contribution in [2.75, 3.05) is 17.4 Å². The molecule has 0 unspecified atom stereocenters. The predicted molar refractivity (Wildman–Crippen MR) is 78.7 cm³/mol. The topological polar surface area (TPSA) is 114 Å². The van der Waals surface area contributed by atoms with Crippen LogP contribution in [0.4, 0.5) is 5.69 Å².